The SMILES string of the molecule is COc1cc(C2/C(=C(\O)c3ccc(OCC(C)C)c(C)c3)C(=O)C(=O)N2CCN2CCOCC2)ccc1OCCC(C)C. The molecule has 2 aliphatic heterocycles. The van der Waals surface area contributed by atoms with Crippen molar-refractivity contribution in [2.24, 2.45) is 11.8 Å². The number of carbonyl (C=O) groups excluding carboxylic acids is 2. The molecule has 2 aliphatic rings. The van der Waals surface area contributed by atoms with E-state index >= 15 is 0 Å². The molecule has 0 radical (unpaired) electrons. The minimum atomic E-state index is -0.795. The molecule has 0 bridgehead atoms. The molecule has 2 fully saturated rings. The number of methoxy groups -OCH3 is 1. The van der Waals surface area contributed by atoms with Crippen LogP contribution in [0.15, 0.2) is 42.0 Å². The number of morpholine rings is 1. The maximum atomic E-state index is 13.6. The number of carbonyl (C=O) groups is 2. The van der Waals surface area contributed by atoms with E-state index in [1.807, 2.05) is 19.1 Å². The van der Waals surface area contributed by atoms with Crippen molar-refractivity contribution in [3.05, 3.63) is 58.7 Å². The minimum absolute atomic E-state index is 0.0535. The summed E-state index contributed by atoms with van der Waals surface area (Å²) in [4.78, 5) is 30.9. The molecule has 1 amide bonds. The van der Waals surface area contributed by atoms with Crippen LogP contribution in [0.5, 0.6) is 17.2 Å². The van der Waals surface area contributed by atoms with E-state index in [2.05, 4.69) is 32.6 Å². The summed E-state index contributed by atoms with van der Waals surface area (Å²) in [5.74, 6) is 1.11. The lowest BCUT2D eigenvalue weighted by atomic mass is 9.94. The van der Waals surface area contributed by atoms with Gasteiger partial charge in [-0.05, 0) is 66.6 Å². The normalized spacial score (nSPS) is 19.0. The molecular weight excluding hydrogens is 548 g/mol. The highest BCUT2D eigenvalue weighted by Crippen LogP contribution is 2.42. The van der Waals surface area contributed by atoms with E-state index in [1.165, 1.54) is 0 Å². The highest BCUT2D eigenvalue weighted by molar-refractivity contribution is 6.46. The number of nitrogens with zero attached hydrogens (tertiary/aromatic N) is 2. The van der Waals surface area contributed by atoms with Crippen molar-refractivity contribution < 1.29 is 33.6 Å². The Kier molecular flexibility index (Phi) is 11.1. The summed E-state index contributed by atoms with van der Waals surface area (Å²) in [5, 5.41) is 11.6. The quantitative estimate of drug-likeness (QED) is 0.192. The van der Waals surface area contributed by atoms with Crippen molar-refractivity contribution in [3.63, 3.8) is 0 Å². The van der Waals surface area contributed by atoms with Crippen molar-refractivity contribution in [3.8, 4) is 17.2 Å². The molecule has 0 aromatic heterocycles. The maximum Gasteiger partial charge on any atom is 0.295 e. The number of ether oxygens (including phenoxy) is 4. The van der Waals surface area contributed by atoms with E-state index in [0.29, 0.717) is 79.7 Å². The third-order valence-corrected chi connectivity index (χ3v) is 7.78. The van der Waals surface area contributed by atoms with Gasteiger partial charge >= 0.3 is 0 Å². The van der Waals surface area contributed by atoms with Crippen LogP contribution in [0, 0.1) is 18.8 Å². The number of ketones is 1. The van der Waals surface area contributed by atoms with Gasteiger partial charge in [-0.3, -0.25) is 14.5 Å². The molecule has 1 atom stereocenters. The van der Waals surface area contributed by atoms with Crippen molar-refractivity contribution in [2.45, 2.75) is 47.1 Å². The zero-order valence-electron chi connectivity index (χ0n) is 26.4. The van der Waals surface area contributed by atoms with E-state index < -0.39 is 17.7 Å². The van der Waals surface area contributed by atoms with E-state index in [-0.39, 0.29) is 11.3 Å². The minimum Gasteiger partial charge on any atom is -0.507 e. The Balaban J connectivity index is 1.72. The second-order valence-corrected chi connectivity index (χ2v) is 12.1. The van der Waals surface area contributed by atoms with Crippen LogP contribution in [-0.4, -0.2) is 86.3 Å². The Labute approximate surface area is 255 Å². The van der Waals surface area contributed by atoms with Crippen LogP contribution in [0.3, 0.4) is 0 Å². The van der Waals surface area contributed by atoms with Crippen LogP contribution in [-0.2, 0) is 14.3 Å². The van der Waals surface area contributed by atoms with Crippen molar-refractivity contribution in [1.82, 2.24) is 9.80 Å². The topological polar surface area (TPSA) is 97.8 Å². The van der Waals surface area contributed by atoms with Crippen LogP contribution in [0.25, 0.3) is 5.76 Å². The van der Waals surface area contributed by atoms with Crippen LogP contribution in [0.2, 0.25) is 0 Å². The van der Waals surface area contributed by atoms with Gasteiger partial charge in [0, 0.05) is 31.7 Å². The summed E-state index contributed by atoms with van der Waals surface area (Å²) in [6.07, 6.45) is 0.896. The first kappa shape index (κ1) is 32.4. The number of likely N-dealkylation sites (tertiary alicyclic amines) is 1. The summed E-state index contributed by atoms with van der Waals surface area (Å²) in [6.45, 7) is 15.1. The van der Waals surface area contributed by atoms with E-state index in [0.717, 1.165) is 25.1 Å². The number of benzene rings is 2. The number of aryl methyl sites for hydroxylation is 1. The van der Waals surface area contributed by atoms with Gasteiger partial charge in [-0.15, -0.1) is 0 Å². The summed E-state index contributed by atoms with van der Waals surface area (Å²) in [5.41, 5.74) is 1.99. The molecule has 1 N–H and O–H groups in total. The molecule has 2 aromatic rings. The second kappa shape index (κ2) is 14.8. The molecule has 9 nitrogen and oxygen atoms in total. The zero-order valence-corrected chi connectivity index (χ0v) is 26.4. The fourth-order valence-corrected chi connectivity index (χ4v) is 5.28. The van der Waals surface area contributed by atoms with Gasteiger partial charge in [-0.25, -0.2) is 0 Å². The summed E-state index contributed by atoms with van der Waals surface area (Å²) in [6, 6.07) is 9.95. The third kappa shape index (κ3) is 7.89. The Bertz CT molecular complexity index is 1310. The number of Topliss-reactive ketones (excluding diaryl/α,β-unsaturated/α-hetero) is 1. The number of hydrogen-bond donors (Lipinski definition) is 1. The lowest BCUT2D eigenvalue weighted by Gasteiger charge is -2.31. The van der Waals surface area contributed by atoms with Crippen LogP contribution >= 0.6 is 0 Å². The lowest BCUT2D eigenvalue weighted by molar-refractivity contribution is -0.140. The first-order valence-corrected chi connectivity index (χ1v) is 15.2. The second-order valence-electron chi connectivity index (χ2n) is 12.1. The molecule has 43 heavy (non-hydrogen) atoms. The molecule has 9 heteroatoms. The summed E-state index contributed by atoms with van der Waals surface area (Å²) < 4.78 is 23.0. The van der Waals surface area contributed by atoms with Crippen LogP contribution in [0.1, 0.15) is 56.8 Å². The molecule has 4 rings (SSSR count). The van der Waals surface area contributed by atoms with E-state index in [9.17, 15) is 14.7 Å². The van der Waals surface area contributed by atoms with E-state index in [1.54, 1.807) is 36.3 Å². The van der Waals surface area contributed by atoms with Crippen LogP contribution in [0.4, 0.5) is 0 Å². The highest BCUT2D eigenvalue weighted by Gasteiger charge is 2.46. The molecule has 2 saturated heterocycles. The van der Waals surface area contributed by atoms with Gasteiger partial charge in [0.1, 0.15) is 11.5 Å². The van der Waals surface area contributed by atoms with Crippen molar-refractivity contribution in [1.29, 1.82) is 0 Å². The number of aliphatic hydroxyl groups is 1. The first-order valence-electron chi connectivity index (χ1n) is 15.2. The average molecular weight is 595 g/mol. The molecule has 1 unspecified atom stereocenters. The summed E-state index contributed by atoms with van der Waals surface area (Å²) >= 11 is 0. The van der Waals surface area contributed by atoms with Crippen LogP contribution < -0.4 is 14.2 Å². The van der Waals surface area contributed by atoms with Gasteiger partial charge < -0.3 is 29.0 Å². The average Bonchev–Trinajstić information content (AvgIpc) is 3.24. The first-order chi connectivity index (χ1) is 20.6. The van der Waals surface area contributed by atoms with Gasteiger partial charge in [-0.2, -0.15) is 0 Å². The molecule has 2 aromatic carbocycles. The largest absolute Gasteiger partial charge is 0.507 e. The fourth-order valence-electron chi connectivity index (χ4n) is 5.28. The summed E-state index contributed by atoms with van der Waals surface area (Å²) in [7, 11) is 1.56. The molecule has 0 saturated carbocycles. The molecule has 234 valence electrons. The lowest BCUT2D eigenvalue weighted by Crippen LogP contribution is -2.42. The predicted molar refractivity (Wildman–Crippen MR) is 166 cm³/mol. The number of aliphatic hydroxyl groups excluding tert-OH is 1. The number of rotatable bonds is 13. The highest BCUT2D eigenvalue weighted by atomic mass is 16.5. The monoisotopic (exact) mass is 594 g/mol. The maximum absolute atomic E-state index is 13.6. The van der Waals surface area contributed by atoms with Gasteiger partial charge in [-0.1, -0.05) is 33.8 Å². The molecule has 0 aliphatic carbocycles. The van der Waals surface area contributed by atoms with Gasteiger partial charge in [0.2, 0.25) is 0 Å². The van der Waals surface area contributed by atoms with Crippen molar-refractivity contribution in [2.75, 3.05) is 59.7 Å². The van der Waals surface area contributed by atoms with Gasteiger partial charge in [0.25, 0.3) is 11.7 Å². The number of amides is 1. The smallest absolute Gasteiger partial charge is 0.295 e. The zero-order chi connectivity index (χ0) is 31.1. The molecule has 0 spiro atoms. The fraction of sp³-hybridized carbons (Fsp3) is 0.529. The standard InChI is InChI=1S/C34H46N2O7/c1-22(2)11-16-42-28-10-7-25(20-29(28)40-6)31-30(32(37)26-8-9-27(24(5)19-26)43-21-23(3)4)33(38)34(39)36(31)13-12-35-14-17-41-18-15-35/h7-10,19-20,22-23,31,37H,11-18,21H2,1-6H3/b32-30+. The predicted octanol–water partition coefficient (Wildman–Crippen LogP) is 5.22. The number of hydrogen-bond acceptors (Lipinski definition) is 8. The Morgan fingerprint density at radius 1 is 0.953 bits per heavy atom. The van der Waals surface area contributed by atoms with Crippen molar-refractivity contribution >= 4 is 17.4 Å². The molecule has 2 heterocycles. The Hall–Kier alpha value is -3.56. The third-order valence-electron chi connectivity index (χ3n) is 7.78. The van der Waals surface area contributed by atoms with Gasteiger partial charge in [0.15, 0.2) is 11.5 Å². The van der Waals surface area contributed by atoms with E-state index in [4.69, 9.17) is 18.9 Å². The Morgan fingerprint density at radius 2 is 1.67 bits per heavy atom. The Morgan fingerprint density at radius 3 is 2.33 bits per heavy atom. The van der Waals surface area contributed by atoms with Gasteiger partial charge in [0.05, 0.1) is 45.2 Å². The molecular formula is C34H46N2O7.